The number of benzene rings is 1. The molecule has 0 aliphatic carbocycles. The van der Waals surface area contributed by atoms with Crippen molar-refractivity contribution in [3.8, 4) is 0 Å². The van der Waals surface area contributed by atoms with Crippen LogP contribution in [0.4, 0.5) is 4.39 Å². The molecular weight excluding hydrogens is 221 g/mol. The zero-order valence-corrected chi connectivity index (χ0v) is 10.4. The predicted molar refractivity (Wildman–Crippen MR) is 65.3 cm³/mol. The average Bonchev–Trinajstić information content (AvgIpc) is 2.30. The van der Waals surface area contributed by atoms with Gasteiger partial charge in [-0.05, 0) is 31.7 Å². The molecule has 0 amide bonds. The van der Waals surface area contributed by atoms with Crippen LogP contribution in [0.5, 0.6) is 0 Å². The van der Waals surface area contributed by atoms with E-state index in [0.717, 1.165) is 5.56 Å². The molecule has 0 aliphatic rings. The molecule has 1 rings (SSSR count). The van der Waals surface area contributed by atoms with Crippen molar-refractivity contribution in [1.82, 2.24) is 4.90 Å². The third kappa shape index (κ3) is 4.42. The van der Waals surface area contributed by atoms with Crippen LogP contribution in [0.3, 0.4) is 0 Å². The van der Waals surface area contributed by atoms with E-state index in [1.807, 2.05) is 24.9 Å². The fourth-order valence-electron chi connectivity index (χ4n) is 1.72. The Bertz CT molecular complexity index is 333. The maximum Gasteiger partial charge on any atom is 0.123 e. The minimum absolute atomic E-state index is 0.0356. The summed E-state index contributed by atoms with van der Waals surface area (Å²) in [5.74, 6) is -0.279. The van der Waals surface area contributed by atoms with Crippen LogP contribution in [-0.2, 0) is 4.74 Å². The van der Waals surface area contributed by atoms with Crippen LogP contribution in [-0.4, -0.2) is 43.4 Å². The van der Waals surface area contributed by atoms with E-state index in [-0.39, 0.29) is 18.5 Å². The van der Waals surface area contributed by atoms with Crippen molar-refractivity contribution in [3.05, 3.63) is 35.6 Å². The molecular formula is C13H20FNO2. The lowest BCUT2D eigenvalue weighted by molar-refractivity contribution is 0.0872. The Hall–Kier alpha value is -0.970. The van der Waals surface area contributed by atoms with Gasteiger partial charge in [0.05, 0.1) is 19.3 Å². The van der Waals surface area contributed by atoms with Crippen molar-refractivity contribution in [1.29, 1.82) is 0 Å². The van der Waals surface area contributed by atoms with E-state index in [2.05, 4.69) is 0 Å². The molecule has 4 heteroatoms. The first-order chi connectivity index (χ1) is 8.19. The second-order valence-corrected chi connectivity index (χ2v) is 3.93. The van der Waals surface area contributed by atoms with Crippen LogP contribution in [0.1, 0.15) is 18.5 Å². The number of likely N-dealkylation sites (N-methyl/N-ethyl adjacent to an activating group) is 1. The largest absolute Gasteiger partial charge is 0.394 e. The van der Waals surface area contributed by atoms with Gasteiger partial charge < -0.3 is 9.84 Å². The summed E-state index contributed by atoms with van der Waals surface area (Å²) in [5.41, 5.74) is 0.784. The van der Waals surface area contributed by atoms with E-state index >= 15 is 0 Å². The number of ether oxygens (including phenoxy) is 1. The third-order valence-corrected chi connectivity index (χ3v) is 2.73. The van der Waals surface area contributed by atoms with E-state index in [1.165, 1.54) is 12.1 Å². The Balaban J connectivity index is 2.63. The SMILES string of the molecule is CCOCCN(C)[C@H](CO)c1cccc(F)c1. The van der Waals surface area contributed by atoms with Crippen LogP contribution < -0.4 is 0 Å². The number of aliphatic hydroxyl groups is 1. The number of nitrogens with zero attached hydrogens (tertiary/aromatic N) is 1. The zero-order valence-electron chi connectivity index (χ0n) is 10.4. The highest BCUT2D eigenvalue weighted by Crippen LogP contribution is 2.19. The van der Waals surface area contributed by atoms with Crippen molar-refractivity contribution >= 4 is 0 Å². The van der Waals surface area contributed by atoms with Crippen LogP contribution in [0.25, 0.3) is 0 Å². The number of hydrogen-bond acceptors (Lipinski definition) is 3. The van der Waals surface area contributed by atoms with Crippen LogP contribution in [0.15, 0.2) is 24.3 Å². The molecule has 0 fully saturated rings. The number of aliphatic hydroxyl groups excluding tert-OH is 1. The van der Waals surface area contributed by atoms with Gasteiger partial charge in [0.2, 0.25) is 0 Å². The number of hydrogen-bond donors (Lipinski definition) is 1. The smallest absolute Gasteiger partial charge is 0.123 e. The van der Waals surface area contributed by atoms with Crippen molar-refractivity contribution in [3.63, 3.8) is 0 Å². The molecule has 0 aromatic heterocycles. The maximum atomic E-state index is 13.1. The highest BCUT2D eigenvalue weighted by Gasteiger charge is 2.16. The van der Waals surface area contributed by atoms with E-state index in [0.29, 0.717) is 19.8 Å². The predicted octanol–water partition coefficient (Wildman–Crippen LogP) is 1.83. The Morgan fingerprint density at radius 1 is 1.47 bits per heavy atom. The molecule has 0 saturated carbocycles. The highest BCUT2D eigenvalue weighted by molar-refractivity contribution is 5.20. The summed E-state index contributed by atoms with van der Waals surface area (Å²) in [6, 6.07) is 6.15. The molecule has 0 bridgehead atoms. The topological polar surface area (TPSA) is 32.7 Å². The number of rotatable bonds is 7. The van der Waals surface area contributed by atoms with Gasteiger partial charge in [-0.25, -0.2) is 4.39 Å². The first kappa shape index (κ1) is 14.1. The molecule has 0 unspecified atom stereocenters. The molecule has 1 aromatic rings. The lowest BCUT2D eigenvalue weighted by Gasteiger charge is -2.26. The summed E-state index contributed by atoms with van der Waals surface area (Å²) < 4.78 is 18.4. The lowest BCUT2D eigenvalue weighted by Crippen LogP contribution is -2.30. The molecule has 96 valence electrons. The van der Waals surface area contributed by atoms with Gasteiger partial charge in [-0.1, -0.05) is 12.1 Å². The molecule has 1 N–H and O–H groups in total. The van der Waals surface area contributed by atoms with Gasteiger partial charge >= 0.3 is 0 Å². The second kappa shape index (κ2) is 7.37. The second-order valence-electron chi connectivity index (χ2n) is 3.93. The van der Waals surface area contributed by atoms with Crippen molar-refractivity contribution in [2.75, 3.05) is 33.4 Å². The van der Waals surface area contributed by atoms with E-state index in [1.54, 1.807) is 6.07 Å². The Morgan fingerprint density at radius 3 is 2.82 bits per heavy atom. The highest BCUT2D eigenvalue weighted by atomic mass is 19.1. The molecule has 3 nitrogen and oxygen atoms in total. The van der Waals surface area contributed by atoms with Gasteiger partial charge in [-0.15, -0.1) is 0 Å². The third-order valence-electron chi connectivity index (χ3n) is 2.73. The number of halogens is 1. The Morgan fingerprint density at radius 2 is 2.24 bits per heavy atom. The van der Waals surface area contributed by atoms with Gasteiger partial charge in [0, 0.05) is 13.2 Å². The van der Waals surface area contributed by atoms with Gasteiger partial charge in [-0.3, -0.25) is 4.90 Å². The molecule has 0 spiro atoms. The van der Waals surface area contributed by atoms with Crippen LogP contribution >= 0.6 is 0 Å². The van der Waals surface area contributed by atoms with Gasteiger partial charge in [0.25, 0.3) is 0 Å². The standard InChI is InChI=1S/C13H20FNO2/c1-3-17-8-7-15(2)13(10-16)11-5-4-6-12(14)9-11/h4-6,9,13,16H,3,7-8,10H2,1-2H3/t13-/m1/s1. The van der Waals surface area contributed by atoms with Gasteiger partial charge in [0.15, 0.2) is 0 Å². The fourth-order valence-corrected chi connectivity index (χ4v) is 1.72. The monoisotopic (exact) mass is 241 g/mol. The van der Waals surface area contributed by atoms with E-state index in [9.17, 15) is 9.50 Å². The first-order valence-electron chi connectivity index (χ1n) is 5.83. The van der Waals surface area contributed by atoms with Crippen molar-refractivity contribution in [2.24, 2.45) is 0 Å². The molecule has 0 aliphatic heterocycles. The molecule has 1 aromatic carbocycles. The summed E-state index contributed by atoms with van der Waals surface area (Å²) in [4.78, 5) is 1.96. The van der Waals surface area contributed by atoms with Crippen molar-refractivity contribution < 1.29 is 14.2 Å². The van der Waals surface area contributed by atoms with Gasteiger partial charge in [-0.2, -0.15) is 0 Å². The summed E-state index contributed by atoms with van der Waals surface area (Å²) in [7, 11) is 1.89. The first-order valence-corrected chi connectivity index (χ1v) is 5.83. The fraction of sp³-hybridized carbons (Fsp3) is 0.538. The molecule has 17 heavy (non-hydrogen) atoms. The summed E-state index contributed by atoms with van der Waals surface area (Å²) in [5, 5.41) is 9.39. The van der Waals surface area contributed by atoms with Crippen LogP contribution in [0, 0.1) is 5.82 Å². The molecule has 0 radical (unpaired) electrons. The normalized spacial score (nSPS) is 13.0. The zero-order chi connectivity index (χ0) is 12.7. The van der Waals surface area contributed by atoms with E-state index < -0.39 is 0 Å². The maximum absolute atomic E-state index is 13.1. The Labute approximate surface area is 102 Å². The quantitative estimate of drug-likeness (QED) is 0.739. The molecule has 0 saturated heterocycles. The summed E-state index contributed by atoms with van der Waals surface area (Å²) >= 11 is 0. The summed E-state index contributed by atoms with van der Waals surface area (Å²) in [6.07, 6.45) is 0. The molecule has 1 atom stereocenters. The summed E-state index contributed by atoms with van der Waals surface area (Å²) in [6.45, 7) is 3.90. The van der Waals surface area contributed by atoms with Gasteiger partial charge in [0.1, 0.15) is 5.82 Å². The van der Waals surface area contributed by atoms with E-state index in [4.69, 9.17) is 4.74 Å². The minimum atomic E-state index is -0.279. The lowest BCUT2D eigenvalue weighted by atomic mass is 10.1. The minimum Gasteiger partial charge on any atom is -0.394 e. The average molecular weight is 241 g/mol. The molecule has 0 heterocycles. The Kier molecular flexibility index (Phi) is 6.11. The van der Waals surface area contributed by atoms with Crippen LogP contribution in [0.2, 0.25) is 0 Å². The van der Waals surface area contributed by atoms with Crippen molar-refractivity contribution in [2.45, 2.75) is 13.0 Å².